The summed E-state index contributed by atoms with van der Waals surface area (Å²) in [5.41, 5.74) is 2.55. The van der Waals surface area contributed by atoms with Crippen LogP contribution in [0.25, 0.3) is 26.8 Å². The first-order chi connectivity index (χ1) is 11.4. The molecular weight excluding hydrogens is 306 g/mol. The Hall–Kier alpha value is -2.73. The van der Waals surface area contributed by atoms with E-state index in [1.54, 1.807) is 22.2 Å². The Balaban J connectivity index is 1.59. The third kappa shape index (κ3) is 1.95. The van der Waals surface area contributed by atoms with Crippen molar-refractivity contribution >= 4 is 38.1 Å². The van der Waals surface area contributed by atoms with E-state index in [1.807, 2.05) is 0 Å². The van der Waals surface area contributed by atoms with E-state index in [1.165, 1.54) is 21.8 Å². The summed E-state index contributed by atoms with van der Waals surface area (Å²) in [6, 6.07) is 17.2. The Morgan fingerprint density at radius 2 is 1.61 bits per heavy atom. The highest BCUT2D eigenvalue weighted by molar-refractivity contribution is 7.16. The SMILES string of the molecule is c1ccc2c(c1)c1ccccc1n2CCc1nn2cnnc2s1. The molecule has 6 heteroatoms. The predicted octanol–water partition coefficient (Wildman–Crippen LogP) is 3.54. The normalized spacial score (nSPS) is 11.8. The van der Waals surface area contributed by atoms with Crippen molar-refractivity contribution in [3.05, 3.63) is 59.9 Å². The maximum Gasteiger partial charge on any atom is 0.234 e. The van der Waals surface area contributed by atoms with E-state index in [0.717, 1.165) is 22.9 Å². The number of nitrogens with zero attached hydrogens (tertiary/aromatic N) is 5. The van der Waals surface area contributed by atoms with Gasteiger partial charge >= 0.3 is 0 Å². The van der Waals surface area contributed by atoms with Gasteiger partial charge in [-0.15, -0.1) is 10.2 Å². The number of aromatic nitrogens is 5. The summed E-state index contributed by atoms with van der Waals surface area (Å²) in [5, 5.41) is 16.1. The van der Waals surface area contributed by atoms with Gasteiger partial charge in [-0.3, -0.25) is 0 Å². The summed E-state index contributed by atoms with van der Waals surface area (Å²) in [7, 11) is 0. The molecule has 2 aromatic carbocycles. The van der Waals surface area contributed by atoms with Crippen molar-refractivity contribution in [3.8, 4) is 0 Å². The molecule has 5 rings (SSSR count). The summed E-state index contributed by atoms with van der Waals surface area (Å²) in [4.78, 5) is 0.849. The zero-order chi connectivity index (χ0) is 15.2. The minimum Gasteiger partial charge on any atom is -0.340 e. The van der Waals surface area contributed by atoms with Gasteiger partial charge in [0, 0.05) is 34.8 Å². The quantitative estimate of drug-likeness (QED) is 0.511. The van der Waals surface area contributed by atoms with Gasteiger partial charge in [-0.2, -0.15) is 9.61 Å². The van der Waals surface area contributed by atoms with Gasteiger partial charge in [0.2, 0.25) is 4.96 Å². The van der Waals surface area contributed by atoms with E-state index in [4.69, 9.17) is 0 Å². The van der Waals surface area contributed by atoms with Crippen LogP contribution in [-0.4, -0.2) is 24.4 Å². The van der Waals surface area contributed by atoms with Crippen molar-refractivity contribution in [1.82, 2.24) is 24.4 Å². The van der Waals surface area contributed by atoms with Crippen LogP contribution in [0.15, 0.2) is 54.9 Å². The average molecular weight is 319 g/mol. The molecule has 0 amide bonds. The molecule has 0 atom stereocenters. The minimum atomic E-state index is 0.849. The lowest BCUT2D eigenvalue weighted by atomic mass is 10.2. The zero-order valence-corrected chi connectivity index (χ0v) is 13.1. The van der Waals surface area contributed by atoms with Gasteiger partial charge in [0.15, 0.2) is 0 Å². The molecule has 5 aromatic rings. The first-order valence-corrected chi connectivity index (χ1v) is 8.33. The van der Waals surface area contributed by atoms with Crippen LogP contribution in [0.2, 0.25) is 0 Å². The van der Waals surface area contributed by atoms with Crippen LogP contribution in [0.1, 0.15) is 5.01 Å². The highest BCUT2D eigenvalue weighted by Gasteiger charge is 2.11. The number of fused-ring (bicyclic) bond motifs is 4. The van der Waals surface area contributed by atoms with Crippen molar-refractivity contribution in [3.63, 3.8) is 0 Å². The van der Waals surface area contributed by atoms with E-state index in [-0.39, 0.29) is 0 Å². The second-order valence-electron chi connectivity index (χ2n) is 5.49. The highest BCUT2D eigenvalue weighted by Crippen LogP contribution is 2.29. The second-order valence-corrected chi connectivity index (χ2v) is 6.53. The first kappa shape index (κ1) is 12.8. The Kier molecular flexibility index (Phi) is 2.72. The Morgan fingerprint density at radius 3 is 2.30 bits per heavy atom. The van der Waals surface area contributed by atoms with E-state index in [0.29, 0.717) is 0 Å². The summed E-state index contributed by atoms with van der Waals surface area (Å²) < 4.78 is 4.12. The minimum absolute atomic E-state index is 0.849. The zero-order valence-electron chi connectivity index (χ0n) is 12.3. The predicted molar refractivity (Wildman–Crippen MR) is 91.8 cm³/mol. The fourth-order valence-corrected chi connectivity index (χ4v) is 3.96. The van der Waals surface area contributed by atoms with Crippen LogP contribution >= 0.6 is 11.3 Å². The molecule has 0 N–H and O–H groups in total. The molecule has 0 aliphatic rings. The van der Waals surface area contributed by atoms with Crippen LogP contribution in [0.3, 0.4) is 0 Å². The van der Waals surface area contributed by atoms with Gasteiger partial charge in [-0.05, 0) is 12.1 Å². The van der Waals surface area contributed by atoms with Gasteiger partial charge in [0.05, 0.1) is 0 Å². The molecule has 112 valence electrons. The van der Waals surface area contributed by atoms with E-state index in [9.17, 15) is 0 Å². The van der Waals surface area contributed by atoms with Crippen LogP contribution < -0.4 is 0 Å². The maximum absolute atomic E-state index is 4.53. The van der Waals surface area contributed by atoms with Crippen LogP contribution in [-0.2, 0) is 13.0 Å². The molecule has 0 saturated heterocycles. The lowest BCUT2D eigenvalue weighted by Gasteiger charge is -2.05. The van der Waals surface area contributed by atoms with Crippen molar-refractivity contribution in [2.24, 2.45) is 0 Å². The molecule has 5 nitrogen and oxygen atoms in total. The highest BCUT2D eigenvalue weighted by atomic mass is 32.1. The molecule has 0 unspecified atom stereocenters. The molecule has 0 aliphatic carbocycles. The Bertz CT molecular complexity index is 1050. The largest absolute Gasteiger partial charge is 0.340 e. The average Bonchev–Trinajstić information content (AvgIpc) is 3.24. The number of aryl methyl sites for hydroxylation is 2. The molecule has 3 heterocycles. The molecule has 0 aliphatic heterocycles. The van der Waals surface area contributed by atoms with Gasteiger partial charge < -0.3 is 4.57 Å². The fraction of sp³-hybridized carbons (Fsp3) is 0.118. The first-order valence-electron chi connectivity index (χ1n) is 7.52. The lowest BCUT2D eigenvalue weighted by molar-refractivity contribution is 0.727. The standard InChI is InChI=1S/C17H13N5S/c1-3-7-14-12(5-1)13-6-2-4-8-15(13)21(14)10-9-16-20-22-11-18-19-17(22)23-16/h1-8,11H,9-10H2. The molecule has 0 radical (unpaired) electrons. The van der Waals surface area contributed by atoms with Crippen LogP contribution in [0.5, 0.6) is 0 Å². The Labute approximate surface area is 135 Å². The molecule has 0 saturated carbocycles. The number of para-hydroxylation sites is 2. The third-order valence-corrected chi connectivity index (χ3v) is 5.13. The summed E-state index contributed by atoms with van der Waals surface area (Å²) in [6.07, 6.45) is 2.53. The molecule has 0 bridgehead atoms. The van der Waals surface area contributed by atoms with Gasteiger partial charge in [0.1, 0.15) is 11.3 Å². The third-order valence-electron chi connectivity index (χ3n) is 4.16. The van der Waals surface area contributed by atoms with E-state index < -0.39 is 0 Å². The molecular formula is C17H13N5S. The number of rotatable bonds is 3. The Morgan fingerprint density at radius 1 is 0.913 bits per heavy atom. The topological polar surface area (TPSA) is 48.0 Å². The maximum atomic E-state index is 4.53. The monoisotopic (exact) mass is 319 g/mol. The summed E-state index contributed by atoms with van der Waals surface area (Å²) in [5.74, 6) is 0. The van der Waals surface area contributed by atoms with Gasteiger partial charge in [-0.1, -0.05) is 47.7 Å². The molecule has 3 aromatic heterocycles. The lowest BCUT2D eigenvalue weighted by Crippen LogP contribution is -2.01. The summed E-state index contributed by atoms with van der Waals surface area (Å²) >= 11 is 1.60. The van der Waals surface area contributed by atoms with Crippen molar-refractivity contribution in [2.45, 2.75) is 13.0 Å². The smallest absolute Gasteiger partial charge is 0.234 e. The van der Waals surface area contributed by atoms with Gasteiger partial charge in [0.25, 0.3) is 0 Å². The van der Waals surface area contributed by atoms with E-state index >= 15 is 0 Å². The number of hydrogen-bond acceptors (Lipinski definition) is 4. The second kappa shape index (κ2) is 4.89. The van der Waals surface area contributed by atoms with E-state index in [2.05, 4.69) is 68.4 Å². The summed E-state index contributed by atoms with van der Waals surface area (Å²) in [6.45, 7) is 0.901. The van der Waals surface area contributed by atoms with Crippen molar-refractivity contribution in [1.29, 1.82) is 0 Å². The van der Waals surface area contributed by atoms with Crippen LogP contribution in [0.4, 0.5) is 0 Å². The number of hydrogen-bond donors (Lipinski definition) is 0. The molecule has 0 fully saturated rings. The van der Waals surface area contributed by atoms with Crippen molar-refractivity contribution in [2.75, 3.05) is 0 Å². The molecule has 23 heavy (non-hydrogen) atoms. The van der Waals surface area contributed by atoms with Gasteiger partial charge in [-0.25, -0.2) is 0 Å². The van der Waals surface area contributed by atoms with Crippen LogP contribution in [0, 0.1) is 0 Å². The fourth-order valence-electron chi connectivity index (χ4n) is 3.15. The molecule has 0 spiro atoms. The van der Waals surface area contributed by atoms with Crippen molar-refractivity contribution < 1.29 is 0 Å². The number of benzene rings is 2.